The predicted molar refractivity (Wildman–Crippen MR) is 70.7 cm³/mol. The maximum Gasteiger partial charge on any atom is 0.0597 e. The quantitative estimate of drug-likeness (QED) is 0.633. The van der Waals surface area contributed by atoms with Crippen molar-refractivity contribution in [3.63, 3.8) is 0 Å². The van der Waals surface area contributed by atoms with Gasteiger partial charge in [-0.3, -0.25) is 4.90 Å². The van der Waals surface area contributed by atoms with E-state index < -0.39 is 0 Å². The highest BCUT2D eigenvalue weighted by Gasteiger charge is 2.16. The van der Waals surface area contributed by atoms with Gasteiger partial charge in [0.25, 0.3) is 0 Å². The van der Waals surface area contributed by atoms with Gasteiger partial charge in [-0.1, -0.05) is 20.8 Å². The van der Waals surface area contributed by atoms with Crippen LogP contribution in [0.1, 0.15) is 41.0 Å². The molecule has 0 aromatic rings. The van der Waals surface area contributed by atoms with E-state index in [4.69, 9.17) is 0 Å². The van der Waals surface area contributed by atoms with Crippen LogP contribution < -0.4 is 5.32 Å². The van der Waals surface area contributed by atoms with Crippen molar-refractivity contribution >= 4 is 0 Å². The van der Waals surface area contributed by atoms with Gasteiger partial charge in [-0.05, 0) is 32.7 Å². The first-order valence-corrected chi connectivity index (χ1v) is 6.59. The van der Waals surface area contributed by atoms with Gasteiger partial charge in [-0.2, -0.15) is 0 Å². The standard InChI is InChI=1S/C13H30N2O/c1-6-7-14-13(10-16)9-15(12(4)5)8-11(2)3/h11-14,16H,6-10H2,1-5H3. The van der Waals surface area contributed by atoms with Crippen molar-refractivity contribution in [2.75, 3.05) is 26.2 Å². The Labute approximate surface area is 101 Å². The van der Waals surface area contributed by atoms with E-state index in [1.54, 1.807) is 0 Å². The summed E-state index contributed by atoms with van der Waals surface area (Å²) in [5.41, 5.74) is 0. The molecule has 0 fully saturated rings. The smallest absolute Gasteiger partial charge is 0.0597 e. The largest absolute Gasteiger partial charge is 0.395 e. The van der Waals surface area contributed by atoms with Gasteiger partial charge in [0.15, 0.2) is 0 Å². The zero-order valence-corrected chi connectivity index (χ0v) is 11.7. The third-order valence-corrected chi connectivity index (χ3v) is 2.69. The second kappa shape index (κ2) is 8.97. The minimum atomic E-state index is 0.209. The van der Waals surface area contributed by atoms with Crippen LogP contribution >= 0.6 is 0 Å². The summed E-state index contributed by atoms with van der Waals surface area (Å²) < 4.78 is 0. The Morgan fingerprint density at radius 3 is 2.12 bits per heavy atom. The Morgan fingerprint density at radius 1 is 1.12 bits per heavy atom. The highest BCUT2D eigenvalue weighted by Crippen LogP contribution is 2.05. The van der Waals surface area contributed by atoms with Crippen molar-refractivity contribution < 1.29 is 5.11 Å². The van der Waals surface area contributed by atoms with Crippen LogP contribution in [0.3, 0.4) is 0 Å². The highest BCUT2D eigenvalue weighted by atomic mass is 16.3. The molecule has 0 aromatic carbocycles. The molecule has 3 nitrogen and oxygen atoms in total. The lowest BCUT2D eigenvalue weighted by Gasteiger charge is -2.31. The molecule has 0 rings (SSSR count). The van der Waals surface area contributed by atoms with Crippen LogP contribution in [0.4, 0.5) is 0 Å². The van der Waals surface area contributed by atoms with Crippen molar-refractivity contribution in [2.24, 2.45) is 5.92 Å². The van der Waals surface area contributed by atoms with Crippen molar-refractivity contribution in [3.05, 3.63) is 0 Å². The van der Waals surface area contributed by atoms with Crippen LogP contribution in [-0.2, 0) is 0 Å². The van der Waals surface area contributed by atoms with Crippen LogP contribution in [0.25, 0.3) is 0 Å². The van der Waals surface area contributed by atoms with Gasteiger partial charge in [0, 0.05) is 25.2 Å². The third kappa shape index (κ3) is 7.20. The van der Waals surface area contributed by atoms with Gasteiger partial charge in [0.05, 0.1) is 6.61 Å². The average molecular weight is 230 g/mol. The molecule has 0 aliphatic carbocycles. The zero-order chi connectivity index (χ0) is 12.6. The van der Waals surface area contributed by atoms with E-state index in [1.807, 2.05) is 0 Å². The summed E-state index contributed by atoms with van der Waals surface area (Å²) in [4.78, 5) is 2.44. The first kappa shape index (κ1) is 15.9. The molecule has 0 amide bonds. The lowest BCUT2D eigenvalue weighted by molar-refractivity contribution is 0.145. The van der Waals surface area contributed by atoms with Crippen LogP contribution in [0.2, 0.25) is 0 Å². The van der Waals surface area contributed by atoms with Gasteiger partial charge in [0.2, 0.25) is 0 Å². The molecule has 0 radical (unpaired) electrons. The molecule has 1 atom stereocenters. The van der Waals surface area contributed by atoms with Crippen LogP contribution in [0.5, 0.6) is 0 Å². The number of aliphatic hydroxyl groups is 1. The minimum Gasteiger partial charge on any atom is -0.395 e. The van der Waals surface area contributed by atoms with Gasteiger partial charge >= 0.3 is 0 Å². The average Bonchev–Trinajstić information content (AvgIpc) is 2.21. The van der Waals surface area contributed by atoms with Crippen molar-refractivity contribution in [1.29, 1.82) is 0 Å². The summed E-state index contributed by atoms with van der Waals surface area (Å²) in [7, 11) is 0. The summed E-state index contributed by atoms with van der Waals surface area (Å²) >= 11 is 0. The maximum atomic E-state index is 9.33. The number of aliphatic hydroxyl groups excluding tert-OH is 1. The molecule has 0 aliphatic heterocycles. The van der Waals surface area contributed by atoms with E-state index in [-0.39, 0.29) is 12.6 Å². The Hall–Kier alpha value is -0.120. The molecule has 0 aliphatic rings. The fourth-order valence-electron chi connectivity index (χ4n) is 1.78. The summed E-state index contributed by atoms with van der Waals surface area (Å²) in [6, 6.07) is 0.751. The van der Waals surface area contributed by atoms with Gasteiger partial charge in [0.1, 0.15) is 0 Å². The SMILES string of the molecule is CCCNC(CO)CN(CC(C)C)C(C)C. The monoisotopic (exact) mass is 230 g/mol. The molecule has 16 heavy (non-hydrogen) atoms. The van der Waals surface area contributed by atoms with Crippen molar-refractivity contribution in [2.45, 2.75) is 53.1 Å². The maximum absolute atomic E-state index is 9.33. The first-order valence-electron chi connectivity index (χ1n) is 6.59. The van der Waals surface area contributed by atoms with Gasteiger partial charge in [-0.25, -0.2) is 0 Å². The van der Waals surface area contributed by atoms with Crippen LogP contribution in [0, 0.1) is 5.92 Å². The zero-order valence-electron chi connectivity index (χ0n) is 11.7. The minimum absolute atomic E-state index is 0.209. The van der Waals surface area contributed by atoms with Crippen molar-refractivity contribution in [1.82, 2.24) is 10.2 Å². The van der Waals surface area contributed by atoms with Gasteiger partial charge in [-0.15, -0.1) is 0 Å². The van der Waals surface area contributed by atoms with E-state index in [9.17, 15) is 5.11 Å². The second-order valence-corrected chi connectivity index (χ2v) is 5.28. The lowest BCUT2D eigenvalue weighted by Crippen LogP contribution is -2.47. The summed E-state index contributed by atoms with van der Waals surface area (Å²) in [5, 5.41) is 12.7. The molecule has 0 spiro atoms. The molecule has 1 unspecified atom stereocenters. The number of hydrogen-bond donors (Lipinski definition) is 2. The molecule has 3 heteroatoms. The second-order valence-electron chi connectivity index (χ2n) is 5.28. The van der Waals surface area contributed by atoms with E-state index in [2.05, 4.69) is 44.8 Å². The number of hydrogen-bond acceptors (Lipinski definition) is 3. The molecular formula is C13H30N2O. The topological polar surface area (TPSA) is 35.5 Å². The number of rotatable bonds is 9. The van der Waals surface area contributed by atoms with E-state index in [0.717, 1.165) is 26.1 Å². The molecule has 2 N–H and O–H groups in total. The predicted octanol–water partition coefficient (Wildman–Crippen LogP) is 1.71. The molecule has 0 saturated heterocycles. The molecule has 0 aromatic heterocycles. The lowest BCUT2D eigenvalue weighted by atomic mass is 10.1. The van der Waals surface area contributed by atoms with Crippen molar-refractivity contribution in [3.8, 4) is 0 Å². The molecule has 98 valence electrons. The molecule has 0 saturated carbocycles. The molecule has 0 bridgehead atoms. The Kier molecular flexibility index (Phi) is 8.90. The Balaban J connectivity index is 4.12. The van der Waals surface area contributed by atoms with E-state index in [1.165, 1.54) is 0 Å². The summed E-state index contributed by atoms with van der Waals surface area (Å²) in [6.45, 7) is 14.3. The van der Waals surface area contributed by atoms with E-state index in [0.29, 0.717) is 12.0 Å². The third-order valence-electron chi connectivity index (χ3n) is 2.69. The normalized spacial score (nSPS) is 14.1. The highest BCUT2D eigenvalue weighted by molar-refractivity contribution is 4.74. The summed E-state index contributed by atoms with van der Waals surface area (Å²) in [6.07, 6.45) is 1.11. The Morgan fingerprint density at radius 2 is 1.75 bits per heavy atom. The summed E-state index contributed by atoms with van der Waals surface area (Å²) in [5.74, 6) is 0.674. The van der Waals surface area contributed by atoms with E-state index >= 15 is 0 Å². The first-order chi connectivity index (χ1) is 7.51. The van der Waals surface area contributed by atoms with Gasteiger partial charge < -0.3 is 10.4 Å². The number of nitrogens with zero attached hydrogens (tertiary/aromatic N) is 1. The van der Waals surface area contributed by atoms with Crippen LogP contribution in [-0.4, -0.2) is 48.3 Å². The fourth-order valence-corrected chi connectivity index (χ4v) is 1.78. The molecular weight excluding hydrogens is 200 g/mol. The number of nitrogens with one attached hydrogen (secondary N) is 1. The Bertz CT molecular complexity index is 160. The molecule has 0 heterocycles. The van der Waals surface area contributed by atoms with Crippen LogP contribution in [0.15, 0.2) is 0 Å². The fraction of sp³-hybridized carbons (Fsp3) is 1.00.